The molecule has 94 valence electrons. The maximum absolute atomic E-state index is 4.72. The molecule has 1 N–H and O–H groups in total. The van der Waals surface area contributed by atoms with Crippen LogP contribution in [0.2, 0.25) is 0 Å². The van der Waals surface area contributed by atoms with Crippen molar-refractivity contribution in [2.24, 2.45) is 0 Å². The highest BCUT2D eigenvalue weighted by Gasteiger charge is 2.27. The molecule has 0 aliphatic heterocycles. The summed E-state index contributed by atoms with van der Waals surface area (Å²) in [6.07, 6.45) is 3.64. The second kappa shape index (κ2) is 5.50. The molecule has 0 spiro atoms. The molecule has 0 amide bonds. The standard InChI is InChI=1S/C14H23N3/c1-4-12-8-11(10-15-5-2)9-14(16-12)17(3)13-6-7-13/h8-9,13,15H,4-7,10H2,1-3H3. The normalized spacial score (nSPS) is 15.0. The Hall–Kier alpha value is -1.09. The smallest absolute Gasteiger partial charge is 0.129 e. The minimum Gasteiger partial charge on any atom is -0.357 e. The summed E-state index contributed by atoms with van der Waals surface area (Å²) in [6, 6.07) is 5.16. The van der Waals surface area contributed by atoms with Crippen LogP contribution in [0.1, 0.15) is 37.9 Å². The Morgan fingerprint density at radius 2 is 2.12 bits per heavy atom. The van der Waals surface area contributed by atoms with Crippen molar-refractivity contribution >= 4 is 5.82 Å². The third kappa shape index (κ3) is 3.19. The number of hydrogen-bond donors (Lipinski definition) is 1. The van der Waals surface area contributed by atoms with E-state index in [1.165, 1.54) is 24.1 Å². The first kappa shape index (κ1) is 12.4. The summed E-state index contributed by atoms with van der Waals surface area (Å²) in [5.74, 6) is 1.14. The zero-order valence-electron chi connectivity index (χ0n) is 11.2. The van der Waals surface area contributed by atoms with E-state index in [4.69, 9.17) is 4.98 Å². The Morgan fingerprint density at radius 3 is 2.71 bits per heavy atom. The van der Waals surface area contributed by atoms with Gasteiger partial charge in [-0.15, -0.1) is 0 Å². The minimum atomic E-state index is 0.724. The van der Waals surface area contributed by atoms with Crippen molar-refractivity contribution in [1.29, 1.82) is 0 Å². The summed E-state index contributed by atoms with van der Waals surface area (Å²) in [5, 5.41) is 3.38. The molecule has 2 rings (SSSR count). The van der Waals surface area contributed by atoms with Crippen LogP contribution < -0.4 is 10.2 Å². The summed E-state index contributed by atoms with van der Waals surface area (Å²) in [5.41, 5.74) is 2.55. The van der Waals surface area contributed by atoms with Crippen LogP contribution >= 0.6 is 0 Å². The zero-order chi connectivity index (χ0) is 12.3. The summed E-state index contributed by atoms with van der Waals surface area (Å²) in [7, 11) is 2.16. The molecule has 1 aliphatic rings. The number of aromatic nitrogens is 1. The third-order valence-corrected chi connectivity index (χ3v) is 3.32. The predicted octanol–water partition coefficient (Wildman–Crippen LogP) is 2.35. The maximum Gasteiger partial charge on any atom is 0.129 e. The molecule has 0 unspecified atom stereocenters. The second-order valence-corrected chi connectivity index (χ2v) is 4.80. The first-order valence-corrected chi connectivity index (χ1v) is 6.68. The summed E-state index contributed by atoms with van der Waals surface area (Å²) >= 11 is 0. The number of rotatable bonds is 6. The van der Waals surface area contributed by atoms with Crippen molar-refractivity contribution in [3.63, 3.8) is 0 Å². The number of anilines is 1. The number of hydrogen-bond acceptors (Lipinski definition) is 3. The summed E-state index contributed by atoms with van der Waals surface area (Å²) in [4.78, 5) is 7.05. The van der Waals surface area contributed by atoms with E-state index in [1.807, 2.05) is 0 Å². The number of aryl methyl sites for hydroxylation is 1. The fourth-order valence-electron chi connectivity index (χ4n) is 2.02. The Morgan fingerprint density at radius 1 is 1.35 bits per heavy atom. The number of pyridine rings is 1. The minimum absolute atomic E-state index is 0.724. The van der Waals surface area contributed by atoms with Crippen molar-refractivity contribution in [1.82, 2.24) is 10.3 Å². The van der Waals surface area contributed by atoms with Gasteiger partial charge in [-0.3, -0.25) is 0 Å². The van der Waals surface area contributed by atoms with E-state index in [9.17, 15) is 0 Å². The zero-order valence-corrected chi connectivity index (χ0v) is 11.2. The van der Waals surface area contributed by atoms with Gasteiger partial charge in [-0.1, -0.05) is 13.8 Å². The van der Waals surface area contributed by atoms with Gasteiger partial charge in [-0.05, 0) is 43.5 Å². The second-order valence-electron chi connectivity index (χ2n) is 4.80. The number of nitrogens with one attached hydrogen (secondary N) is 1. The van der Waals surface area contributed by atoms with Gasteiger partial charge in [0.15, 0.2) is 0 Å². The highest BCUT2D eigenvalue weighted by Crippen LogP contribution is 2.29. The average Bonchev–Trinajstić information content (AvgIpc) is 3.19. The molecule has 0 atom stereocenters. The summed E-state index contributed by atoms with van der Waals surface area (Å²) in [6.45, 7) is 6.26. The Kier molecular flexibility index (Phi) is 4.00. The Labute approximate surface area is 104 Å². The molecule has 1 aromatic heterocycles. The predicted molar refractivity (Wildman–Crippen MR) is 72.4 cm³/mol. The third-order valence-electron chi connectivity index (χ3n) is 3.32. The van der Waals surface area contributed by atoms with Gasteiger partial charge in [-0.25, -0.2) is 4.98 Å². The molecular formula is C14H23N3. The van der Waals surface area contributed by atoms with Crippen LogP contribution in [0.3, 0.4) is 0 Å². The Bertz CT molecular complexity index is 372. The molecule has 0 radical (unpaired) electrons. The molecule has 1 aromatic rings. The first-order valence-electron chi connectivity index (χ1n) is 6.68. The van der Waals surface area contributed by atoms with E-state index in [2.05, 4.69) is 43.2 Å². The van der Waals surface area contributed by atoms with Crippen LogP contribution in [-0.4, -0.2) is 24.6 Å². The molecule has 1 aliphatic carbocycles. The van der Waals surface area contributed by atoms with Gasteiger partial charge >= 0.3 is 0 Å². The molecular weight excluding hydrogens is 210 g/mol. The molecule has 3 nitrogen and oxygen atoms in total. The van der Waals surface area contributed by atoms with Crippen LogP contribution in [0.25, 0.3) is 0 Å². The van der Waals surface area contributed by atoms with Crippen molar-refractivity contribution in [3.05, 3.63) is 23.4 Å². The van der Waals surface area contributed by atoms with Crippen LogP contribution in [0.5, 0.6) is 0 Å². The lowest BCUT2D eigenvalue weighted by Crippen LogP contribution is -2.22. The Balaban J connectivity index is 2.18. The van der Waals surface area contributed by atoms with Crippen molar-refractivity contribution < 1.29 is 0 Å². The topological polar surface area (TPSA) is 28.2 Å². The SMILES string of the molecule is CCNCc1cc(CC)nc(N(C)C2CC2)c1. The fraction of sp³-hybridized carbons (Fsp3) is 0.643. The van der Waals surface area contributed by atoms with E-state index in [-0.39, 0.29) is 0 Å². The monoisotopic (exact) mass is 233 g/mol. The molecule has 0 bridgehead atoms. The molecule has 17 heavy (non-hydrogen) atoms. The highest BCUT2D eigenvalue weighted by atomic mass is 15.2. The lowest BCUT2D eigenvalue weighted by atomic mass is 10.2. The van der Waals surface area contributed by atoms with Gasteiger partial charge in [-0.2, -0.15) is 0 Å². The quantitative estimate of drug-likeness (QED) is 0.817. The lowest BCUT2D eigenvalue weighted by Gasteiger charge is -2.19. The summed E-state index contributed by atoms with van der Waals surface area (Å²) < 4.78 is 0. The lowest BCUT2D eigenvalue weighted by molar-refractivity contribution is 0.723. The molecule has 0 saturated heterocycles. The van der Waals surface area contributed by atoms with Gasteiger partial charge in [0.05, 0.1) is 0 Å². The molecule has 1 saturated carbocycles. The van der Waals surface area contributed by atoms with E-state index in [0.717, 1.165) is 31.4 Å². The molecule has 0 aromatic carbocycles. The van der Waals surface area contributed by atoms with E-state index < -0.39 is 0 Å². The van der Waals surface area contributed by atoms with Gasteiger partial charge in [0.1, 0.15) is 5.82 Å². The average molecular weight is 233 g/mol. The van der Waals surface area contributed by atoms with Gasteiger partial charge in [0.2, 0.25) is 0 Å². The van der Waals surface area contributed by atoms with Crippen LogP contribution in [-0.2, 0) is 13.0 Å². The maximum atomic E-state index is 4.72. The van der Waals surface area contributed by atoms with Crippen LogP contribution in [0, 0.1) is 0 Å². The highest BCUT2D eigenvalue weighted by molar-refractivity contribution is 5.44. The largest absolute Gasteiger partial charge is 0.357 e. The van der Waals surface area contributed by atoms with E-state index in [1.54, 1.807) is 0 Å². The van der Waals surface area contributed by atoms with Crippen LogP contribution in [0.4, 0.5) is 5.82 Å². The van der Waals surface area contributed by atoms with E-state index >= 15 is 0 Å². The molecule has 1 heterocycles. The molecule has 3 heteroatoms. The first-order chi connectivity index (χ1) is 8.24. The van der Waals surface area contributed by atoms with Crippen molar-refractivity contribution in [3.8, 4) is 0 Å². The van der Waals surface area contributed by atoms with E-state index in [0.29, 0.717) is 0 Å². The van der Waals surface area contributed by atoms with Crippen molar-refractivity contribution in [2.75, 3.05) is 18.5 Å². The van der Waals surface area contributed by atoms with Crippen molar-refractivity contribution in [2.45, 2.75) is 45.7 Å². The van der Waals surface area contributed by atoms with Gasteiger partial charge in [0.25, 0.3) is 0 Å². The van der Waals surface area contributed by atoms with Crippen LogP contribution in [0.15, 0.2) is 12.1 Å². The van der Waals surface area contributed by atoms with Gasteiger partial charge < -0.3 is 10.2 Å². The molecule has 1 fully saturated rings. The number of nitrogens with zero attached hydrogens (tertiary/aromatic N) is 2. The fourth-order valence-corrected chi connectivity index (χ4v) is 2.02. The van der Waals surface area contributed by atoms with Gasteiger partial charge in [0, 0.05) is 25.3 Å².